The Labute approximate surface area is 119 Å². The summed E-state index contributed by atoms with van der Waals surface area (Å²) in [6.45, 7) is 6.26. The molecule has 0 spiro atoms. The van der Waals surface area contributed by atoms with Gasteiger partial charge in [0.05, 0.1) is 5.69 Å². The Hall–Kier alpha value is -2.16. The molecule has 0 aliphatic carbocycles. The largest absolute Gasteiger partial charge is 0.477 e. The van der Waals surface area contributed by atoms with E-state index in [0.717, 1.165) is 23.2 Å². The van der Waals surface area contributed by atoms with E-state index < -0.39 is 5.97 Å². The summed E-state index contributed by atoms with van der Waals surface area (Å²) in [6.07, 6.45) is 0.849. The Balaban J connectivity index is 2.48. The second-order valence-electron chi connectivity index (χ2n) is 5.52. The number of aryl methyl sites for hydroxylation is 1. The molecule has 1 aromatic heterocycles. The van der Waals surface area contributed by atoms with Crippen LogP contribution < -0.4 is 0 Å². The molecule has 2 rings (SSSR count). The minimum absolute atomic E-state index is 0.110. The second-order valence-corrected chi connectivity index (χ2v) is 5.52. The number of hydrogen-bond acceptors (Lipinski definition) is 2. The van der Waals surface area contributed by atoms with E-state index in [0.29, 0.717) is 5.92 Å². The predicted molar refractivity (Wildman–Crippen MR) is 79.9 cm³/mol. The molecule has 0 bridgehead atoms. The van der Waals surface area contributed by atoms with Gasteiger partial charge in [0.1, 0.15) is 5.69 Å². The maximum Gasteiger partial charge on any atom is 0.354 e. The van der Waals surface area contributed by atoms with Crippen LogP contribution in [0.4, 0.5) is 0 Å². The highest BCUT2D eigenvalue weighted by atomic mass is 16.4. The SMILES string of the molecule is Cc1ccc(-c2cc(CC(C)C)cc(C(=O)O)n2)cc1. The quantitative estimate of drug-likeness (QED) is 0.914. The van der Waals surface area contributed by atoms with Crippen molar-refractivity contribution < 1.29 is 9.90 Å². The van der Waals surface area contributed by atoms with Crippen LogP contribution >= 0.6 is 0 Å². The van der Waals surface area contributed by atoms with Crippen LogP contribution in [0, 0.1) is 12.8 Å². The number of hydrogen-bond donors (Lipinski definition) is 1. The molecular weight excluding hydrogens is 250 g/mol. The topological polar surface area (TPSA) is 50.2 Å². The van der Waals surface area contributed by atoms with Crippen molar-refractivity contribution in [3.63, 3.8) is 0 Å². The molecule has 0 aliphatic rings. The minimum Gasteiger partial charge on any atom is -0.477 e. The van der Waals surface area contributed by atoms with E-state index in [9.17, 15) is 9.90 Å². The van der Waals surface area contributed by atoms with Gasteiger partial charge in [0, 0.05) is 5.56 Å². The Morgan fingerprint density at radius 3 is 2.40 bits per heavy atom. The summed E-state index contributed by atoms with van der Waals surface area (Å²) in [5.74, 6) is -0.506. The van der Waals surface area contributed by atoms with Gasteiger partial charge < -0.3 is 5.11 Å². The predicted octanol–water partition coefficient (Wildman–Crippen LogP) is 3.95. The number of nitrogens with zero attached hydrogens (tertiary/aromatic N) is 1. The molecule has 0 atom stereocenters. The van der Waals surface area contributed by atoms with Crippen LogP contribution in [0.5, 0.6) is 0 Å². The molecule has 3 heteroatoms. The molecule has 0 amide bonds. The lowest BCUT2D eigenvalue weighted by Gasteiger charge is -2.09. The average molecular weight is 269 g/mol. The third-order valence-corrected chi connectivity index (χ3v) is 3.10. The molecule has 0 radical (unpaired) electrons. The monoisotopic (exact) mass is 269 g/mol. The van der Waals surface area contributed by atoms with E-state index in [1.54, 1.807) is 6.07 Å². The van der Waals surface area contributed by atoms with Gasteiger partial charge >= 0.3 is 5.97 Å². The molecule has 0 saturated heterocycles. The lowest BCUT2D eigenvalue weighted by atomic mass is 10.00. The number of carboxylic acid groups (broad SMARTS) is 1. The average Bonchev–Trinajstić information content (AvgIpc) is 2.38. The highest BCUT2D eigenvalue weighted by Gasteiger charge is 2.11. The first kappa shape index (κ1) is 14.3. The number of carboxylic acids is 1. The number of rotatable bonds is 4. The van der Waals surface area contributed by atoms with Gasteiger partial charge in [0.15, 0.2) is 0 Å². The van der Waals surface area contributed by atoms with Crippen LogP contribution in [0.2, 0.25) is 0 Å². The second kappa shape index (κ2) is 5.87. The summed E-state index contributed by atoms with van der Waals surface area (Å²) in [4.78, 5) is 15.5. The molecule has 1 aromatic carbocycles. The van der Waals surface area contributed by atoms with E-state index in [2.05, 4.69) is 18.8 Å². The third-order valence-electron chi connectivity index (χ3n) is 3.10. The first-order valence-electron chi connectivity index (χ1n) is 6.77. The lowest BCUT2D eigenvalue weighted by molar-refractivity contribution is 0.0690. The van der Waals surface area contributed by atoms with E-state index in [-0.39, 0.29) is 5.69 Å². The zero-order valence-corrected chi connectivity index (χ0v) is 12.1. The first-order valence-corrected chi connectivity index (χ1v) is 6.77. The van der Waals surface area contributed by atoms with Crippen molar-refractivity contribution in [2.24, 2.45) is 5.92 Å². The third kappa shape index (κ3) is 3.44. The van der Waals surface area contributed by atoms with Crippen LogP contribution in [-0.4, -0.2) is 16.1 Å². The summed E-state index contributed by atoms with van der Waals surface area (Å²) in [6, 6.07) is 11.6. The highest BCUT2D eigenvalue weighted by Crippen LogP contribution is 2.21. The molecule has 0 fully saturated rings. The van der Waals surface area contributed by atoms with E-state index in [4.69, 9.17) is 0 Å². The maximum atomic E-state index is 11.2. The van der Waals surface area contributed by atoms with Crippen molar-refractivity contribution in [1.82, 2.24) is 4.98 Å². The lowest BCUT2D eigenvalue weighted by Crippen LogP contribution is -2.04. The van der Waals surface area contributed by atoms with Gasteiger partial charge in [-0.05, 0) is 37.0 Å². The van der Waals surface area contributed by atoms with Crippen LogP contribution in [-0.2, 0) is 6.42 Å². The maximum absolute atomic E-state index is 11.2. The Morgan fingerprint density at radius 1 is 1.20 bits per heavy atom. The fraction of sp³-hybridized carbons (Fsp3) is 0.294. The van der Waals surface area contributed by atoms with E-state index in [1.807, 2.05) is 37.3 Å². The van der Waals surface area contributed by atoms with Crippen molar-refractivity contribution in [2.75, 3.05) is 0 Å². The fourth-order valence-electron chi connectivity index (χ4n) is 2.16. The van der Waals surface area contributed by atoms with Gasteiger partial charge in [-0.15, -0.1) is 0 Å². The van der Waals surface area contributed by atoms with Crippen LogP contribution in [0.1, 0.15) is 35.5 Å². The van der Waals surface area contributed by atoms with E-state index >= 15 is 0 Å². The zero-order valence-electron chi connectivity index (χ0n) is 12.1. The van der Waals surface area contributed by atoms with Crippen LogP contribution in [0.3, 0.4) is 0 Å². The Kier molecular flexibility index (Phi) is 4.18. The van der Waals surface area contributed by atoms with E-state index in [1.165, 1.54) is 5.56 Å². The number of aromatic carboxylic acids is 1. The van der Waals surface area contributed by atoms with Crippen molar-refractivity contribution in [1.29, 1.82) is 0 Å². The van der Waals surface area contributed by atoms with Gasteiger partial charge in [-0.25, -0.2) is 9.78 Å². The number of benzene rings is 1. The van der Waals surface area contributed by atoms with Gasteiger partial charge in [-0.2, -0.15) is 0 Å². The summed E-state index contributed by atoms with van der Waals surface area (Å²) in [7, 11) is 0. The number of aromatic nitrogens is 1. The smallest absolute Gasteiger partial charge is 0.354 e. The minimum atomic E-state index is -0.982. The summed E-state index contributed by atoms with van der Waals surface area (Å²) >= 11 is 0. The summed E-state index contributed by atoms with van der Waals surface area (Å²) in [5, 5.41) is 9.20. The molecule has 1 heterocycles. The summed E-state index contributed by atoms with van der Waals surface area (Å²) < 4.78 is 0. The van der Waals surface area contributed by atoms with Crippen LogP contribution in [0.15, 0.2) is 36.4 Å². The normalized spacial score (nSPS) is 10.8. The Bertz CT molecular complexity index is 615. The molecule has 20 heavy (non-hydrogen) atoms. The highest BCUT2D eigenvalue weighted by molar-refractivity contribution is 5.86. The molecule has 0 saturated carbocycles. The van der Waals surface area contributed by atoms with Crippen molar-refractivity contribution >= 4 is 5.97 Å². The number of carbonyl (C=O) groups is 1. The van der Waals surface area contributed by atoms with Gasteiger partial charge in [-0.3, -0.25) is 0 Å². The van der Waals surface area contributed by atoms with Crippen molar-refractivity contribution in [3.8, 4) is 11.3 Å². The molecule has 1 N–H and O–H groups in total. The van der Waals surface area contributed by atoms with Crippen LogP contribution in [0.25, 0.3) is 11.3 Å². The Morgan fingerprint density at radius 2 is 1.85 bits per heavy atom. The standard InChI is InChI=1S/C17H19NO2/c1-11(2)8-13-9-15(18-16(10-13)17(19)20)14-6-4-12(3)5-7-14/h4-7,9-11H,8H2,1-3H3,(H,19,20). The number of pyridine rings is 1. The van der Waals surface area contributed by atoms with Gasteiger partial charge in [-0.1, -0.05) is 43.7 Å². The van der Waals surface area contributed by atoms with Gasteiger partial charge in [0.25, 0.3) is 0 Å². The summed E-state index contributed by atoms with van der Waals surface area (Å²) in [5.41, 5.74) is 3.97. The zero-order chi connectivity index (χ0) is 14.7. The van der Waals surface area contributed by atoms with Crippen molar-refractivity contribution in [3.05, 3.63) is 53.2 Å². The van der Waals surface area contributed by atoms with Gasteiger partial charge in [0.2, 0.25) is 0 Å². The molecular formula is C17H19NO2. The molecule has 104 valence electrons. The fourth-order valence-corrected chi connectivity index (χ4v) is 2.16. The first-order chi connectivity index (χ1) is 9.45. The molecule has 0 aliphatic heterocycles. The van der Waals surface area contributed by atoms with Crippen molar-refractivity contribution in [2.45, 2.75) is 27.2 Å². The molecule has 3 nitrogen and oxygen atoms in total. The molecule has 0 unspecified atom stereocenters. The molecule has 2 aromatic rings.